The highest BCUT2D eigenvalue weighted by Crippen LogP contribution is 2.22. The van der Waals surface area contributed by atoms with Crippen molar-refractivity contribution in [2.24, 2.45) is 5.92 Å². The van der Waals surface area contributed by atoms with Gasteiger partial charge in [0.1, 0.15) is 0 Å². The Morgan fingerprint density at radius 1 is 1.44 bits per heavy atom. The third-order valence-corrected chi connectivity index (χ3v) is 4.46. The minimum absolute atomic E-state index is 0.256. The van der Waals surface area contributed by atoms with Crippen molar-refractivity contribution in [3.8, 4) is 0 Å². The molecule has 1 rings (SSSR count). The van der Waals surface area contributed by atoms with E-state index in [9.17, 15) is 9.00 Å². The molecule has 18 heavy (non-hydrogen) atoms. The number of benzene rings is 1. The van der Waals surface area contributed by atoms with Crippen LogP contribution in [0.3, 0.4) is 0 Å². The van der Waals surface area contributed by atoms with Crippen LogP contribution in [0.1, 0.15) is 12.5 Å². The SMILES string of the molecule is COC(=O)C(C)CS(=O)Cc1ccc(Cl)cc1Cl. The van der Waals surface area contributed by atoms with Crippen molar-refractivity contribution in [1.29, 1.82) is 0 Å². The summed E-state index contributed by atoms with van der Waals surface area (Å²) in [5.41, 5.74) is 0.761. The molecule has 0 aliphatic heterocycles. The number of halogens is 2. The van der Waals surface area contributed by atoms with Crippen LogP contribution in [0, 0.1) is 5.92 Å². The number of hydrogen-bond acceptors (Lipinski definition) is 3. The van der Waals surface area contributed by atoms with Crippen LogP contribution in [-0.2, 0) is 26.1 Å². The predicted octanol–water partition coefficient (Wildman–Crippen LogP) is 3.05. The van der Waals surface area contributed by atoms with Gasteiger partial charge in [0.05, 0.1) is 18.8 Å². The number of carbonyl (C=O) groups excluding carboxylic acids is 1. The van der Waals surface area contributed by atoms with Gasteiger partial charge in [0, 0.05) is 26.6 Å². The average molecular weight is 309 g/mol. The number of rotatable bonds is 5. The van der Waals surface area contributed by atoms with E-state index >= 15 is 0 Å². The largest absolute Gasteiger partial charge is 0.469 e. The minimum Gasteiger partial charge on any atom is -0.469 e. The first-order valence-corrected chi connectivity index (χ1v) is 7.55. The normalized spacial score (nSPS) is 14.0. The highest BCUT2D eigenvalue weighted by Gasteiger charge is 2.17. The molecule has 0 aliphatic carbocycles. The molecular weight excluding hydrogens is 295 g/mol. The summed E-state index contributed by atoms with van der Waals surface area (Å²) in [5, 5.41) is 1.03. The van der Waals surface area contributed by atoms with E-state index in [-0.39, 0.29) is 17.6 Å². The van der Waals surface area contributed by atoms with Crippen molar-refractivity contribution in [2.45, 2.75) is 12.7 Å². The Labute approximate surface area is 119 Å². The van der Waals surface area contributed by atoms with Gasteiger partial charge in [0.15, 0.2) is 0 Å². The molecular formula is C12H14Cl2O3S. The molecule has 0 radical (unpaired) electrons. The second-order valence-electron chi connectivity index (χ2n) is 3.91. The summed E-state index contributed by atoms with van der Waals surface area (Å²) < 4.78 is 16.5. The lowest BCUT2D eigenvalue weighted by atomic mass is 10.2. The standard InChI is InChI=1S/C12H14Cl2O3S/c1-8(12(15)17-2)6-18(16)7-9-3-4-10(13)5-11(9)14/h3-5,8H,6-7H2,1-2H3. The zero-order valence-electron chi connectivity index (χ0n) is 10.1. The van der Waals surface area contributed by atoms with Crippen LogP contribution in [0.2, 0.25) is 10.0 Å². The summed E-state index contributed by atoms with van der Waals surface area (Å²) >= 11 is 11.8. The Kier molecular flexibility index (Phi) is 6.12. The van der Waals surface area contributed by atoms with Crippen molar-refractivity contribution in [3.05, 3.63) is 33.8 Å². The first kappa shape index (κ1) is 15.5. The fourth-order valence-corrected chi connectivity index (χ4v) is 3.38. The third kappa shape index (κ3) is 4.59. The molecule has 2 atom stereocenters. The topological polar surface area (TPSA) is 43.4 Å². The van der Waals surface area contributed by atoms with Gasteiger partial charge in [-0.25, -0.2) is 0 Å². The number of ether oxygens (including phenoxy) is 1. The molecule has 1 aromatic carbocycles. The van der Waals surface area contributed by atoms with E-state index in [0.29, 0.717) is 15.8 Å². The van der Waals surface area contributed by atoms with Crippen molar-refractivity contribution in [3.63, 3.8) is 0 Å². The lowest BCUT2D eigenvalue weighted by Crippen LogP contribution is -2.20. The fraction of sp³-hybridized carbons (Fsp3) is 0.417. The summed E-state index contributed by atoms with van der Waals surface area (Å²) in [5.74, 6) is -0.185. The molecule has 0 aliphatic rings. The highest BCUT2D eigenvalue weighted by molar-refractivity contribution is 7.84. The van der Waals surface area contributed by atoms with Crippen molar-refractivity contribution in [1.82, 2.24) is 0 Å². The second-order valence-corrected chi connectivity index (χ2v) is 6.26. The maximum absolute atomic E-state index is 11.9. The molecule has 100 valence electrons. The van der Waals surface area contributed by atoms with Crippen molar-refractivity contribution >= 4 is 40.0 Å². The molecule has 0 bridgehead atoms. The summed E-state index contributed by atoms with van der Waals surface area (Å²) in [7, 11) is 0.149. The first-order valence-electron chi connectivity index (χ1n) is 5.30. The monoisotopic (exact) mass is 308 g/mol. The molecule has 3 nitrogen and oxygen atoms in total. The zero-order valence-corrected chi connectivity index (χ0v) is 12.4. The Bertz CT molecular complexity index is 463. The van der Waals surface area contributed by atoms with Crippen LogP contribution >= 0.6 is 23.2 Å². The maximum Gasteiger partial charge on any atom is 0.309 e. The highest BCUT2D eigenvalue weighted by atomic mass is 35.5. The Morgan fingerprint density at radius 2 is 2.11 bits per heavy atom. The summed E-state index contributed by atoms with van der Waals surface area (Å²) in [6.07, 6.45) is 0. The van der Waals surface area contributed by atoms with E-state index in [2.05, 4.69) is 4.74 Å². The summed E-state index contributed by atoms with van der Waals surface area (Å²) in [4.78, 5) is 11.2. The molecule has 0 N–H and O–H groups in total. The minimum atomic E-state index is -1.17. The molecule has 1 aromatic rings. The first-order chi connectivity index (χ1) is 8.43. The fourth-order valence-electron chi connectivity index (χ4n) is 1.42. The van der Waals surface area contributed by atoms with Gasteiger partial charge in [-0.2, -0.15) is 0 Å². The molecule has 0 aromatic heterocycles. The number of carbonyl (C=O) groups is 1. The molecule has 0 saturated carbocycles. The van der Waals surface area contributed by atoms with Crippen LogP contribution in [0.15, 0.2) is 18.2 Å². The van der Waals surface area contributed by atoms with Gasteiger partial charge < -0.3 is 4.74 Å². The van der Waals surface area contributed by atoms with Crippen LogP contribution in [0.5, 0.6) is 0 Å². The van der Waals surface area contributed by atoms with E-state index in [1.165, 1.54) is 7.11 Å². The van der Waals surface area contributed by atoms with Crippen molar-refractivity contribution in [2.75, 3.05) is 12.9 Å². The molecule has 0 heterocycles. The second kappa shape index (κ2) is 7.12. The summed E-state index contributed by atoms with van der Waals surface area (Å²) in [6, 6.07) is 5.05. The molecule has 0 saturated heterocycles. The van der Waals surface area contributed by atoms with Gasteiger partial charge in [-0.15, -0.1) is 0 Å². The number of esters is 1. The zero-order chi connectivity index (χ0) is 13.7. The van der Waals surface area contributed by atoms with E-state index < -0.39 is 10.8 Å². The van der Waals surface area contributed by atoms with Gasteiger partial charge in [-0.3, -0.25) is 9.00 Å². The summed E-state index contributed by atoms with van der Waals surface area (Å²) in [6.45, 7) is 1.69. The van der Waals surface area contributed by atoms with Crippen molar-refractivity contribution < 1.29 is 13.7 Å². The number of hydrogen-bond donors (Lipinski definition) is 0. The van der Waals surface area contributed by atoms with Gasteiger partial charge >= 0.3 is 5.97 Å². The van der Waals surface area contributed by atoms with E-state index in [1.807, 2.05) is 0 Å². The van der Waals surface area contributed by atoms with E-state index in [4.69, 9.17) is 23.2 Å². The van der Waals surface area contributed by atoms with Gasteiger partial charge in [0.2, 0.25) is 0 Å². The average Bonchev–Trinajstić information content (AvgIpc) is 2.31. The van der Waals surface area contributed by atoms with Crippen LogP contribution in [0.4, 0.5) is 0 Å². The smallest absolute Gasteiger partial charge is 0.309 e. The molecule has 0 fully saturated rings. The Morgan fingerprint density at radius 3 is 2.67 bits per heavy atom. The molecule has 6 heteroatoms. The lowest BCUT2D eigenvalue weighted by Gasteiger charge is -2.09. The van der Waals surface area contributed by atoms with Gasteiger partial charge in [0.25, 0.3) is 0 Å². The van der Waals surface area contributed by atoms with E-state index in [1.54, 1.807) is 25.1 Å². The predicted molar refractivity (Wildman–Crippen MR) is 74.4 cm³/mol. The maximum atomic E-state index is 11.9. The van der Waals surface area contributed by atoms with Crippen LogP contribution in [-0.4, -0.2) is 23.0 Å². The molecule has 2 unspecified atom stereocenters. The quantitative estimate of drug-likeness (QED) is 0.785. The Hall–Kier alpha value is -0.580. The molecule has 0 spiro atoms. The number of methoxy groups -OCH3 is 1. The molecule has 0 amide bonds. The van der Waals surface area contributed by atoms with Gasteiger partial charge in [-0.05, 0) is 17.7 Å². The third-order valence-electron chi connectivity index (χ3n) is 2.37. The van der Waals surface area contributed by atoms with Gasteiger partial charge in [-0.1, -0.05) is 36.2 Å². The Balaban J connectivity index is 2.62. The lowest BCUT2D eigenvalue weighted by molar-refractivity contribution is -0.144. The van der Waals surface area contributed by atoms with Crippen LogP contribution in [0.25, 0.3) is 0 Å². The van der Waals surface area contributed by atoms with E-state index in [0.717, 1.165) is 5.56 Å². The van der Waals surface area contributed by atoms with Crippen LogP contribution < -0.4 is 0 Å².